The third kappa shape index (κ3) is 3.00. The predicted molar refractivity (Wildman–Crippen MR) is 82.1 cm³/mol. The van der Waals surface area contributed by atoms with Crippen molar-refractivity contribution in [1.29, 1.82) is 0 Å². The molecule has 0 fully saturated rings. The van der Waals surface area contributed by atoms with Crippen LogP contribution in [0.15, 0.2) is 36.8 Å². The number of nitrogens with two attached hydrogens (primary N) is 1. The molecule has 3 rings (SSSR count). The van der Waals surface area contributed by atoms with Gasteiger partial charge in [-0.05, 0) is 18.2 Å². The molecule has 3 N–H and O–H groups in total. The van der Waals surface area contributed by atoms with Gasteiger partial charge >= 0.3 is 6.18 Å². The van der Waals surface area contributed by atoms with Gasteiger partial charge in [0, 0.05) is 30.4 Å². The van der Waals surface area contributed by atoms with Crippen LogP contribution in [0.2, 0.25) is 0 Å². The SMILES string of the molecule is CC(=O)Nc1cn2cc(-c3cnc(N)cc3C(F)(F)F)ccc2n1. The first-order chi connectivity index (χ1) is 11.2. The van der Waals surface area contributed by atoms with Crippen molar-refractivity contribution in [1.82, 2.24) is 14.4 Å². The molecule has 0 saturated heterocycles. The van der Waals surface area contributed by atoms with E-state index < -0.39 is 11.7 Å². The number of imidazole rings is 1. The highest BCUT2D eigenvalue weighted by Gasteiger charge is 2.34. The normalized spacial score (nSPS) is 11.7. The Kier molecular flexibility index (Phi) is 3.63. The number of hydrogen-bond acceptors (Lipinski definition) is 4. The summed E-state index contributed by atoms with van der Waals surface area (Å²) in [5, 5.41) is 2.52. The van der Waals surface area contributed by atoms with Crippen LogP contribution in [0.1, 0.15) is 12.5 Å². The van der Waals surface area contributed by atoms with Crippen molar-refractivity contribution in [3.05, 3.63) is 42.4 Å². The molecule has 124 valence electrons. The van der Waals surface area contributed by atoms with Crippen molar-refractivity contribution in [2.75, 3.05) is 11.1 Å². The van der Waals surface area contributed by atoms with Gasteiger partial charge in [0.05, 0.1) is 11.8 Å². The first-order valence-corrected chi connectivity index (χ1v) is 6.83. The highest BCUT2D eigenvalue weighted by atomic mass is 19.4. The monoisotopic (exact) mass is 335 g/mol. The van der Waals surface area contributed by atoms with Crippen LogP contribution in [-0.2, 0) is 11.0 Å². The quantitative estimate of drug-likeness (QED) is 0.754. The van der Waals surface area contributed by atoms with Crippen LogP contribution < -0.4 is 11.1 Å². The number of nitrogens with zero attached hydrogens (tertiary/aromatic N) is 3. The van der Waals surface area contributed by atoms with Crippen LogP contribution >= 0.6 is 0 Å². The van der Waals surface area contributed by atoms with Crippen molar-refractivity contribution >= 4 is 23.2 Å². The predicted octanol–water partition coefficient (Wildman–Crippen LogP) is 2.96. The summed E-state index contributed by atoms with van der Waals surface area (Å²) in [4.78, 5) is 19.0. The summed E-state index contributed by atoms with van der Waals surface area (Å²) in [6.07, 6.45) is -0.475. The van der Waals surface area contributed by atoms with Gasteiger partial charge in [-0.1, -0.05) is 0 Å². The first-order valence-electron chi connectivity index (χ1n) is 6.83. The van der Waals surface area contributed by atoms with E-state index in [-0.39, 0.29) is 17.3 Å². The number of carbonyl (C=O) groups is 1. The molecule has 0 aliphatic rings. The van der Waals surface area contributed by atoms with E-state index in [1.165, 1.54) is 29.8 Å². The smallest absolute Gasteiger partial charge is 0.384 e. The fraction of sp³-hybridized carbons (Fsp3) is 0.133. The van der Waals surface area contributed by atoms with Gasteiger partial charge in [-0.3, -0.25) is 4.79 Å². The number of carbonyl (C=O) groups excluding carboxylic acids is 1. The molecular weight excluding hydrogens is 323 g/mol. The Labute approximate surface area is 134 Å². The summed E-state index contributed by atoms with van der Waals surface area (Å²) in [6.45, 7) is 1.34. The van der Waals surface area contributed by atoms with E-state index >= 15 is 0 Å². The zero-order chi connectivity index (χ0) is 17.5. The summed E-state index contributed by atoms with van der Waals surface area (Å²) in [5.41, 5.74) is 5.21. The lowest BCUT2D eigenvalue weighted by Crippen LogP contribution is -2.09. The number of aromatic nitrogens is 3. The number of rotatable bonds is 2. The van der Waals surface area contributed by atoms with Crippen LogP contribution in [0.4, 0.5) is 24.8 Å². The summed E-state index contributed by atoms with van der Waals surface area (Å²) in [5.74, 6) is -0.186. The molecular formula is C15H12F3N5O. The number of anilines is 2. The van der Waals surface area contributed by atoms with Gasteiger partial charge in [0.25, 0.3) is 0 Å². The number of amides is 1. The summed E-state index contributed by atoms with van der Waals surface area (Å²) < 4.78 is 41.2. The zero-order valence-electron chi connectivity index (χ0n) is 12.4. The second kappa shape index (κ2) is 5.52. The number of fused-ring (bicyclic) bond motifs is 1. The van der Waals surface area contributed by atoms with E-state index in [2.05, 4.69) is 15.3 Å². The highest BCUT2D eigenvalue weighted by Crippen LogP contribution is 2.37. The lowest BCUT2D eigenvalue weighted by Gasteiger charge is -2.13. The van der Waals surface area contributed by atoms with Crippen LogP contribution in [-0.4, -0.2) is 20.3 Å². The average Bonchev–Trinajstić information content (AvgIpc) is 2.86. The fourth-order valence-electron chi connectivity index (χ4n) is 2.33. The number of alkyl halides is 3. The molecule has 6 nitrogen and oxygen atoms in total. The standard InChI is InChI=1S/C15H12F3N5O/c1-8(24)21-13-7-23-6-9(2-3-14(23)22-13)10-5-20-12(19)4-11(10)15(16,17)18/h2-7H,1H3,(H2,19,20)(H,21,24). The Morgan fingerprint density at radius 2 is 2.04 bits per heavy atom. The summed E-state index contributed by atoms with van der Waals surface area (Å²) in [6, 6.07) is 3.86. The number of nitrogens with one attached hydrogen (secondary N) is 1. The van der Waals surface area contributed by atoms with Crippen molar-refractivity contribution in [2.45, 2.75) is 13.1 Å². The van der Waals surface area contributed by atoms with Gasteiger partial charge in [-0.2, -0.15) is 13.2 Å². The second-order valence-corrected chi connectivity index (χ2v) is 5.14. The van der Waals surface area contributed by atoms with Gasteiger partial charge in [-0.15, -0.1) is 0 Å². The van der Waals surface area contributed by atoms with Gasteiger partial charge in [-0.25, -0.2) is 9.97 Å². The van der Waals surface area contributed by atoms with Gasteiger partial charge in [0.1, 0.15) is 11.5 Å². The fourth-order valence-corrected chi connectivity index (χ4v) is 2.33. The third-order valence-corrected chi connectivity index (χ3v) is 3.30. The molecule has 0 aliphatic heterocycles. The van der Waals surface area contributed by atoms with Crippen molar-refractivity contribution in [2.24, 2.45) is 0 Å². The minimum atomic E-state index is -4.56. The molecule has 0 atom stereocenters. The zero-order valence-corrected chi connectivity index (χ0v) is 12.4. The Bertz CT molecular complexity index is 932. The highest BCUT2D eigenvalue weighted by molar-refractivity contribution is 5.88. The third-order valence-electron chi connectivity index (χ3n) is 3.30. The molecule has 0 aliphatic carbocycles. The summed E-state index contributed by atoms with van der Waals surface area (Å²) in [7, 11) is 0. The number of nitrogen functional groups attached to an aromatic ring is 1. The molecule has 0 saturated carbocycles. The second-order valence-electron chi connectivity index (χ2n) is 5.14. The lowest BCUT2D eigenvalue weighted by molar-refractivity contribution is -0.137. The summed E-state index contributed by atoms with van der Waals surface area (Å²) >= 11 is 0. The number of halogens is 3. The van der Waals surface area contributed by atoms with Crippen LogP contribution in [0, 0.1) is 0 Å². The van der Waals surface area contributed by atoms with E-state index in [9.17, 15) is 18.0 Å². The maximum atomic E-state index is 13.2. The number of pyridine rings is 2. The molecule has 0 unspecified atom stereocenters. The van der Waals surface area contributed by atoms with Gasteiger partial charge in [0.2, 0.25) is 5.91 Å². The molecule has 3 aromatic rings. The topological polar surface area (TPSA) is 85.3 Å². The first kappa shape index (κ1) is 15.8. The Morgan fingerprint density at radius 1 is 1.29 bits per heavy atom. The molecule has 0 aromatic carbocycles. The van der Waals surface area contributed by atoms with E-state index in [0.717, 1.165) is 12.3 Å². The molecule has 0 spiro atoms. The maximum absolute atomic E-state index is 13.2. The van der Waals surface area contributed by atoms with Gasteiger partial charge in [0.15, 0.2) is 5.82 Å². The van der Waals surface area contributed by atoms with E-state index in [4.69, 9.17) is 5.73 Å². The van der Waals surface area contributed by atoms with E-state index in [1.54, 1.807) is 6.07 Å². The lowest BCUT2D eigenvalue weighted by atomic mass is 10.0. The molecule has 24 heavy (non-hydrogen) atoms. The molecule has 0 bridgehead atoms. The van der Waals surface area contributed by atoms with E-state index in [0.29, 0.717) is 17.0 Å². The molecule has 9 heteroatoms. The van der Waals surface area contributed by atoms with E-state index in [1.807, 2.05) is 0 Å². The van der Waals surface area contributed by atoms with Crippen LogP contribution in [0.5, 0.6) is 0 Å². The Hall–Kier alpha value is -3.10. The average molecular weight is 335 g/mol. The van der Waals surface area contributed by atoms with Crippen LogP contribution in [0.3, 0.4) is 0 Å². The minimum absolute atomic E-state index is 0.0895. The van der Waals surface area contributed by atoms with Crippen molar-refractivity contribution in [3.8, 4) is 11.1 Å². The largest absolute Gasteiger partial charge is 0.417 e. The molecule has 0 radical (unpaired) electrons. The van der Waals surface area contributed by atoms with Crippen molar-refractivity contribution in [3.63, 3.8) is 0 Å². The molecule has 1 amide bonds. The van der Waals surface area contributed by atoms with Crippen molar-refractivity contribution < 1.29 is 18.0 Å². The Morgan fingerprint density at radius 3 is 2.71 bits per heavy atom. The Balaban J connectivity index is 2.11. The number of hydrogen-bond donors (Lipinski definition) is 2. The minimum Gasteiger partial charge on any atom is -0.384 e. The maximum Gasteiger partial charge on any atom is 0.417 e. The van der Waals surface area contributed by atoms with Crippen LogP contribution in [0.25, 0.3) is 16.8 Å². The molecule has 3 aromatic heterocycles. The molecule has 3 heterocycles. The van der Waals surface area contributed by atoms with Gasteiger partial charge < -0.3 is 15.5 Å².